The van der Waals surface area contributed by atoms with Gasteiger partial charge in [0.25, 0.3) is 0 Å². The lowest BCUT2D eigenvalue weighted by Gasteiger charge is -2.35. The molecule has 0 amide bonds. The molecule has 68 valence electrons. The summed E-state index contributed by atoms with van der Waals surface area (Å²) in [6, 6.07) is 0. The Balaban J connectivity index is 3.02. The topological polar surface area (TPSA) is 33.1 Å². The van der Waals surface area contributed by atoms with Crippen LogP contribution < -0.4 is 0 Å². The average molecular weight is 185 g/mol. The van der Waals surface area contributed by atoms with E-state index >= 15 is 0 Å². The van der Waals surface area contributed by atoms with Crippen molar-refractivity contribution >= 4 is 11.3 Å². The van der Waals surface area contributed by atoms with E-state index in [1.807, 2.05) is 33.1 Å². The Kier molecular flexibility index (Phi) is 2.27. The van der Waals surface area contributed by atoms with Crippen molar-refractivity contribution in [1.82, 2.24) is 4.98 Å². The van der Waals surface area contributed by atoms with Gasteiger partial charge in [-0.15, -0.1) is 11.3 Å². The highest BCUT2D eigenvalue weighted by Gasteiger charge is 2.38. The van der Waals surface area contributed by atoms with Crippen molar-refractivity contribution in [3.8, 4) is 0 Å². The maximum Gasteiger partial charge on any atom is 0.109 e. The average Bonchev–Trinajstić information content (AvgIpc) is 2.34. The summed E-state index contributed by atoms with van der Waals surface area (Å²) in [6.07, 6.45) is 0. The van der Waals surface area contributed by atoms with E-state index in [1.54, 1.807) is 5.51 Å². The fraction of sp³-hybridized carbons (Fsp3) is 0.667. The molecule has 0 aromatic carbocycles. The Bertz CT molecular complexity index is 246. The van der Waals surface area contributed by atoms with Gasteiger partial charge in [-0.2, -0.15) is 0 Å². The van der Waals surface area contributed by atoms with Crippen LogP contribution in [0, 0.1) is 5.41 Å². The monoisotopic (exact) mass is 185 g/mol. The molecule has 1 aromatic heterocycles. The Hall–Kier alpha value is -0.410. The third kappa shape index (κ3) is 1.52. The van der Waals surface area contributed by atoms with Crippen LogP contribution in [-0.2, 0) is 5.60 Å². The first-order chi connectivity index (χ1) is 5.36. The van der Waals surface area contributed by atoms with Crippen LogP contribution in [0.1, 0.15) is 33.4 Å². The highest BCUT2D eigenvalue weighted by atomic mass is 32.1. The molecule has 2 nitrogen and oxygen atoms in total. The van der Waals surface area contributed by atoms with Crippen LogP contribution in [0.2, 0.25) is 0 Å². The fourth-order valence-corrected chi connectivity index (χ4v) is 1.49. The molecule has 0 aliphatic rings. The van der Waals surface area contributed by atoms with Crippen molar-refractivity contribution < 1.29 is 5.11 Å². The molecule has 0 saturated carbocycles. The third-order valence-corrected chi connectivity index (χ3v) is 2.98. The molecule has 0 radical (unpaired) electrons. The highest BCUT2D eigenvalue weighted by molar-refractivity contribution is 7.07. The molecule has 0 saturated heterocycles. The summed E-state index contributed by atoms with van der Waals surface area (Å²) < 4.78 is 0. The van der Waals surface area contributed by atoms with E-state index in [9.17, 15) is 5.11 Å². The van der Waals surface area contributed by atoms with Gasteiger partial charge in [0.15, 0.2) is 0 Å². The number of hydrogen-bond acceptors (Lipinski definition) is 3. The van der Waals surface area contributed by atoms with Crippen molar-refractivity contribution in [2.45, 2.75) is 33.3 Å². The van der Waals surface area contributed by atoms with Crippen LogP contribution in [0.15, 0.2) is 10.9 Å². The molecule has 0 bridgehead atoms. The Morgan fingerprint density at radius 2 is 1.92 bits per heavy atom. The summed E-state index contributed by atoms with van der Waals surface area (Å²) in [6.45, 7) is 7.83. The molecule has 1 unspecified atom stereocenters. The van der Waals surface area contributed by atoms with Gasteiger partial charge >= 0.3 is 0 Å². The zero-order valence-electron chi connectivity index (χ0n) is 7.96. The summed E-state index contributed by atoms with van der Waals surface area (Å²) >= 11 is 1.51. The Labute approximate surface area is 77.3 Å². The normalized spacial score (nSPS) is 17.4. The minimum atomic E-state index is -0.840. The van der Waals surface area contributed by atoms with E-state index in [0.717, 1.165) is 5.69 Å². The van der Waals surface area contributed by atoms with E-state index < -0.39 is 5.60 Å². The molecule has 1 N–H and O–H groups in total. The van der Waals surface area contributed by atoms with Gasteiger partial charge in [-0.1, -0.05) is 20.8 Å². The van der Waals surface area contributed by atoms with Crippen LogP contribution in [0.25, 0.3) is 0 Å². The van der Waals surface area contributed by atoms with Gasteiger partial charge in [0.1, 0.15) is 5.60 Å². The van der Waals surface area contributed by atoms with Gasteiger partial charge in [-0.05, 0) is 12.3 Å². The van der Waals surface area contributed by atoms with Crippen LogP contribution >= 0.6 is 11.3 Å². The SMILES string of the molecule is CC(C)(C)C(C)(O)c1cscn1. The number of aliphatic hydroxyl groups is 1. The van der Waals surface area contributed by atoms with Crippen LogP contribution in [0.5, 0.6) is 0 Å². The first-order valence-corrected chi connectivity index (χ1v) is 4.91. The van der Waals surface area contributed by atoms with Crippen LogP contribution in [0.4, 0.5) is 0 Å². The van der Waals surface area contributed by atoms with Crippen molar-refractivity contribution in [2.75, 3.05) is 0 Å². The zero-order valence-corrected chi connectivity index (χ0v) is 8.77. The minimum absolute atomic E-state index is 0.179. The minimum Gasteiger partial charge on any atom is -0.383 e. The summed E-state index contributed by atoms with van der Waals surface area (Å²) in [5.74, 6) is 0. The van der Waals surface area contributed by atoms with E-state index in [-0.39, 0.29) is 5.41 Å². The predicted octanol–water partition coefficient (Wildman–Crippen LogP) is 2.40. The van der Waals surface area contributed by atoms with Gasteiger partial charge in [-0.25, -0.2) is 4.98 Å². The lowest BCUT2D eigenvalue weighted by atomic mass is 9.76. The second-order valence-corrected chi connectivity index (χ2v) is 4.91. The molecular formula is C9H15NOS. The summed E-state index contributed by atoms with van der Waals surface area (Å²) in [7, 11) is 0. The molecule has 1 rings (SSSR count). The number of aromatic nitrogens is 1. The molecule has 1 atom stereocenters. The Morgan fingerprint density at radius 3 is 2.25 bits per heavy atom. The van der Waals surface area contributed by atoms with E-state index in [4.69, 9.17) is 0 Å². The number of hydrogen-bond donors (Lipinski definition) is 1. The smallest absolute Gasteiger partial charge is 0.109 e. The van der Waals surface area contributed by atoms with E-state index in [1.165, 1.54) is 11.3 Å². The van der Waals surface area contributed by atoms with Gasteiger partial charge in [-0.3, -0.25) is 0 Å². The largest absolute Gasteiger partial charge is 0.383 e. The predicted molar refractivity (Wildman–Crippen MR) is 51.1 cm³/mol. The highest BCUT2D eigenvalue weighted by Crippen LogP contribution is 2.38. The second kappa shape index (κ2) is 2.82. The lowest BCUT2D eigenvalue weighted by molar-refractivity contribution is -0.0501. The van der Waals surface area contributed by atoms with Crippen LogP contribution in [-0.4, -0.2) is 10.1 Å². The molecule has 0 fully saturated rings. The molecule has 0 spiro atoms. The van der Waals surface area contributed by atoms with Gasteiger partial charge in [0, 0.05) is 5.38 Å². The van der Waals surface area contributed by atoms with E-state index in [2.05, 4.69) is 4.98 Å². The first kappa shape index (κ1) is 9.68. The maximum atomic E-state index is 10.2. The summed E-state index contributed by atoms with van der Waals surface area (Å²) in [5, 5.41) is 12.0. The van der Waals surface area contributed by atoms with Gasteiger partial charge in [0.2, 0.25) is 0 Å². The van der Waals surface area contributed by atoms with E-state index in [0.29, 0.717) is 0 Å². The maximum absolute atomic E-state index is 10.2. The van der Waals surface area contributed by atoms with Crippen molar-refractivity contribution in [3.63, 3.8) is 0 Å². The number of rotatable bonds is 1. The fourth-order valence-electron chi connectivity index (χ4n) is 0.837. The van der Waals surface area contributed by atoms with Crippen molar-refractivity contribution in [1.29, 1.82) is 0 Å². The lowest BCUT2D eigenvalue weighted by Crippen LogP contribution is -2.37. The van der Waals surface area contributed by atoms with Gasteiger partial charge < -0.3 is 5.11 Å². The second-order valence-electron chi connectivity index (χ2n) is 4.20. The molecule has 1 heterocycles. The molecular weight excluding hydrogens is 170 g/mol. The molecule has 0 aliphatic carbocycles. The summed E-state index contributed by atoms with van der Waals surface area (Å²) in [4.78, 5) is 4.12. The number of nitrogens with zero attached hydrogens (tertiary/aromatic N) is 1. The number of thiazole rings is 1. The van der Waals surface area contributed by atoms with Crippen molar-refractivity contribution in [2.24, 2.45) is 5.41 Å². The van der Waals surface area contributed by atoms with Gasteiger partial charge in [0.05, 0.1) is 11.2 Å². The Morgan fingerprint density at radius 1 is 1.33 bits per heavy atom. The molecule has 0 aliphatic heterocycles. The van der Waals surface area contributed by atoms with Crippen molar-refractivity contribution in [3.05, 3.63) is 16.6 Å². The first-order valence-electron chi connectivity index (χ1n) is 3.97. The van der Waals surface area contributed by atoms with Crippen LogP contribution in [0.3, 0.4) is 0 Å². The zero-order chi connectivity index (χ0) is 9.41. The molecule has 1 aromatic rings. The standard InChI is InChI=1S/C9H15NOS/c1-8(2,3)9(4,11)7-5-12-6-10-7/h5-6,11H,1-4H3. The molecule has 3 heteroatoms. The summed E-state index contributed by atoms with van der Waals surface area (Å²) in [5.41, 5.74) is 1.49. The quantitative estimate of drug-likeness (QED) is 0.728. The molecule has 12 heavy (non-hydrogen) atoms. The third-order valence-electron chi connectivity index (χ3n) is 2.39.